The molecule has 1 N–H and O–H groups in total. The van der Waals surface area contributed by atoms with Gasteiger partial charge in [0.2, 0.25) is 0 Å². The normalized spacial score (nSPS) is 44.0. The summed E-state index contributed by atoms with van der Waals surface area (Å²) >= 11 is 0. The minimum absolute atomic E-state index is 0.0394. The zero-order valence-electron chi connectivity index (χ0n) is 24.3. The van der Waals surface area contributed by atoms with Crippen molar-refractivity contribution in [2.24, 2.45) is 29.6 Å². The molecule has 208 valence electrons. The fourth-order valence-electron chi connectivity index (χ4n) is 6.83. The summed E-state index contributed by atoms with van der Waals surface area (Å²) in [6.07, 6.45) is 0.194. The number of carbonyl (C=O) groups excluding carboxylic acids is 3. The van der Waals surface area contributed by atoms with E-state index in [-0.39, 0.29) is 47.6 Å². The number of nitrogens with one attached hydrogen (secondary N) is 1. The minimum Gasteiger partial charge on any atom is -0.458 e. The number of amides is 1. The second-order valence-electron chi connectivity index (χ2n) is 11.3. The number of esters is 1. The molecule has 0 aromatic rings. The molecule has 10 atom stereocenters. The highest BCUT2D eigenvalue weighted by Crippen LogP contribution is 2.44. The molecule has 0 saturated carbocycles. The van der Waals surface area contributed by atoms with Gasteiger partial charge in [0.05, 0.1) is 11.6 Å². The highest BCUT2D eigenvalue weighted by atomic mass is 16.6. The number of ether oxygens (including phenoxy) is 3. The first-order valence-electron chi connectivity index (χ1n) is 13.8. The van der Waals surface area contributed by atoms with Crippen LogP contribution in [0, 0.1) is 29.6 Å². The van der Waals surface area contributed by atoms with Gasteiger partial charge in [0.15, 0.2) is 5.60 Å². The highest BCUT2D eigenvalue weighted by molar-refractivity contribution is 5.99. The van der Waals surface area contributed by atoms with Crippen molar-refractivity contribution in [1.82, 2.24) is 10.2 Å². The lowest BCUT2D eigenvalue weighted by Gasteiger charge is -2.45. The second kappa shape index (κ2) is 11.8. The molecule has 36 heavy (non-hydrogen) atoms. The molecule has 8 heteroatoms. The lowest BCUT2D eigenvalue weighted by molar-refractivity contribution is -0.172. The zero-order valence-corrected chi connectivity index (χ0v) is 24.3. The minimum atomic E-state index is -1.01. The molecule has 8 nitrogen and oxygen atoms in total. The van der Waals surface area contributed by atoms with E-state index in [2.05, 4.69) is 26.1 Å². The molecule has 3 heterocycles. The van der Waals surface area contributed by atoms with Gasteiger partial charge in [-0.2, -0.15) is 0 Å². The summed E-state index contributed by atoms with van der Waals surface area (Å²) in [6.45, 7) is 20.9. The fourth-order valence-corrected chi connectivity index (χ4v) is 6.83. The Morgan fingerprint density at radius 2 is 1.69 bits per heavy atom. The lowest BCUT2D eigenvalue weighted by atomic mass is 9.69. The van der Waals surface area contributed by atoms with Gasteiger partial charge in [-0.1, -0.05) is 48.5 Å². The number of methoxy groups -OCH3 is 1. The first-order valence-corrected chi connectivity index (χ1v) is 13.8. The Morgan fingerprint density at radius 1 is 1.08 bits per heavy atom. The first-order chi connectivity index (χ1) is 16.8. The van der Waals surface area contributed by atoms with Crippen LogP contribution in [-0.2, 0) is 23.8 Å². The molecule has 0 aliphatic carbocycles. The molecule has 0 aromatic heterocycles. The molecule has 0 spiro atoms. The van der Waals surface area contributed by atoms with Crippen LogP contribution in [0.4, 0.5) is 4.79 Å². The number of hydrogen-bond donors (Lipinski definition) is 1. The second-order valence-corrected chi connectivity index (χ2v) is 11.3. The largest absolute Gasteiger partial charge is 0.458 e. The first kappa shape index (κ1) is 30.6. The van der Waals surface area contributed by atoms with E-state index in [1.165, 1.54) is 0 Å². The molecule has 0 aromatic carbocycles. The molecule has 2 bridgehead atoms. The Balaban J connectivity index is 0.00000222. The van der Waals surface area contributed by atoms with E-state index in [0.29, 0.717) is 19.5 Å². The Labute approximate surface area is 218 Å². The standard InChI is InChI=1S/C26H44N2O6.C2H6/c1-10-19-26(8)22-16(4)20(27-11-12-28(22)24(31)34-26)14(2)13-25(7,32-9)18(6)15(3)21(29)17(5)23(30)33-19;1-2/h14-20,22,27H,10-13H2,1-9H3;1-2H3/t14-,15-,16?,17?,18-,19-,20?,22-,25-,26-;/m1./s1. The maximum absolute atomic E-state index is 13.3. The van der Waals surface area contributed by atoms with Crippen LogP contribution >= 0.6 is 0 Å². The van der Waals surface area contributed by atoms with Crippen LogP contribution in [0.15, 0.2) is 0 Å². The summed E-state index contributed by atoms with van der Waals surface area (Å²) < 4.78 is 18.0. The van der Waals surface area contributed by atoms with Gasteiger partial charge in [-0.25, -0.2) is 4.79 Å². The molecular formula is C28H50N2O6. The third kappa shape index (κ3) is 5.31. The smallest absolute Gasteiger partial charge is 0.410 e. The molecule has 3 rings (SSSR count). The maximum Gasteiger partial charge on any atom is 0.410 e. The number of rotatable bonds is 2. The van der Waals surface area contributed by atoms with E-state index in [1.807, 2.05) is 41.5 Å². The van der Waals surface area contributed by atoms with E-state index >= 15 is 0 Å². The number of cyclic esters (lactones) is 1. The van der Waals surface area contributed by atoms with E-state index < -0.39 is 29.2 Å². The lowest BCUT2D eigenvalue weighted by Crippen LogP contribution is -2.59. The fraction of sp³-hybridized carbons (Fsp3) is 0.893. The summed E-state index contributed by atoms with van der Waals surface area (Å²) in [6, 6.07) is -0.175. The highest BCUT2D eigenvalue weighted by Gasteiger charge is 2.60. The molecule has 3 aliphatic heterocycles. The summed E-state index contributed by atoms with van der Waals surface area (Å²) in [7, 11) is 1.69. The maximum atomic E-state index is 13.3. The third-order valence-corrected chi connectivity index (χ3v) is 9.28. The van der Waals surface area contributed by atoms with Gasteiger partial charge in [0.25, 0.3) is 0 Å². The van der Waals surface area contributed by atoms with Crippen molar-refractivity contribution >= 4 is 17.8 Å². The van der Waals surface area contributed by atoms with Crippen LogP contribution < -0.4 is 5.32 Å². The van der Waals surface area contributed by atoms with Crippen molar-refractivity contribution < 1.29 is 28.6 Å². The van der Waals surface area contributed by atoms with Gasteiger partial charge < -0.3 is 19.5 Å². The average Bonchev–Trinajstić information content (AvgIpc) is 2.99. The van der Waals surface area contributed by atoms with Crippen LogP contribution in [0.2, 0.25) is 0 Å². The molecule has 3 unspecified atom stereocenters. The van der Waals surface area contributed by atoms with Crippen molar-refractivity contribution in [2.45, 2.75) is 111 Å². The van der Waals surface area contributed by atoms with Crippen LogP contribution in [0.3, 0.4) is 0 Å². The van der Waals surface area contributed by atoms with Gasteiger partial charge in [0.1, 0.15) is 17.8 Å². The van der Waals surface area contributed by atoms with Gasteiger partial charge >= 0.3 is 12.1 Å². The molecule has 3 fully saturated rings. The van der Waals surface area contributed by atoms with Crippen LogP contribution in [0.5, 0.6) is 0 Å². The Bertz CT molecular complexity index is 805. The topological polar surface area (TPSA) is 94.2 Å². The van der Waals surface area contributed by atoms with E-state index in [0.717, 1.165) is 6.42 Å². The Kier molecular flexibility index (Phi) is 10.0. The van der Waals surface area contributed by atoms with E-state index in [9.17, 15) is 14.4 Å². The summed E-state index contributed by atoms with van der Waals surface area (Å²) in [5.41, 5.74) is -1.58. The SMILES string of the molecule is CC.CC[C@H]1OC(=O)C(C)C(=O)[C@H](C)[C@@H](C)[C@](C)(OC)C[C@@H](C)C2NCCN3C(=O)O[C@@]1(C)[C@H]3C2C. The van der Waals surface area contributed by atoms with Crippen molar-refractivity contribution in [1.29, 1.82) is 0 Å². The van der Waals surface area contributed by atoms with Gasteiger partial charge in [-0.15, -0.1) is 0 Å². The summed E-state index contributed by atoms with van der Waals surface area (Å²) in [5, 5.41) is 3.68. The number of nitrogens with zero attached hydrogens (tertiary/aromatic N) is 1. The molecule has 3 aliphatic rings. The van der Waals surface area contributed by atoms with Crippen LogP contribution in [0.1, 0.15) is 82.1 Å². The average molecular weight is 511 g/mol. The van der Waals surface area contributed by atoms with E-state index in [4.69, 9.17) is 14.2 Å². The number of fused-ring (bicyclic) bond motifs is 1. The van der Waals surface area contributed by atoms with Crippen molar-refractivity contribution in [3.8, 4) is 0 Å². The number of hydrogen-bond acceptors (Lipinski definition) is 7. The predicted molar refractivity (Wildman–Crippen MR) is 140 cm³/mol. The van der Waals surface area contributed by atoms with Gasteiger partial charge in [-0.05, 0) is 51.4 Å². The van der Waals surface area contributed by atoms with Gasteiger partial charge in [0, 0.05) is 32.2 Å². The quantitative estimate of drug-likeness (QED) is 0.433. The Morgan fingerprint density at radius 3 is 2.25 bits per heavy atom. The molecule has 3 saturated heterocycles. The third-order valence-electron chi connectivity index (χ3n) is 9.28. The monoisotopic (exact) mass is 510 g/mol. The van der Waals surface area contributed by atoms with Gasteiger partial charge in [-0.3, -0.25) is 14.5 Å². The Hall–Kier alpha value is -1.67. The molecule has 0 radical (unpaired) electrons. The van der Waals surface area contributed by atoms with E-state index in [1.54, 1.807) is 18.9 Å². The number of carbonyl (C=O) groups is 3. The van der Waals surface area contributed by atoms with Crippen molar-refractivity contribution in [3.63, 3.8) is 0 Å². The molecule has 1 amide bonds. The zero-order chi connectivity index (χ0) is 27.6. The van der Waals surface area contributed by atoms with Crippen molar-refractivity contribution in [2.75, 3.05) is 20.2 Å². The van der Waals surface area contributed by atoms with Crippen molar-refractivity contribution in [3.05, 3.63) is 0 Å². The number of ketones is 1. The van der Waals surface area contributed by atoms with Crippen LogP contribution in [0.25, 0.3) is 0 Å². The summed E-state index contributed by atoms with van der Waals surface area (Å²) in [4.78, 5) is 41.3. The number of Topliss-reactive ketones (excluding diaryl/α,β-unsaturated/α-hetero) is 1. The molecular weight excluding hydrogens is 460 g/mol. The predicted octanol–water partition coefficient (Wildman–Crippen LogP) is 4.44. The van der Waals surface area contributed by atoms with Crippen LogP contribution in [-0.4, -0.2) is 72.3 Å². The summed E-state index contributed by atoms with van der Waals surface area (Å²) in [5.74, 6) is -1.88.